The van der Waals surface area contributed by atoms with E-state index in [0.717, 1.165) is 11.3 Å². The molecule has 1 amide bonds. The minimum atomic E-state index is -0.325. The van der Waals surface area contributed by atoms with Crippen molar-refractivity contribution in [2.75, 3.05) is 13.2 Å². The second kappa shape index (κ2) is 8.21. The number of nitrogens with zero attached hydrogens (tertiary/aromatic N) is 3. The molecule has 0 aliphatic carbocycles. The molecular weight excluding hydrogens is 316 g/mol. The van der Waals surface area contributed by atoms with E-state index in [2.05, 4.69) is 15.4 Å². The lowest BCUT2D eigenvalue weighted by Crippen LogP contribution is -2.29. The summed E-state index contributed by atoms with van der Waals surface area (Å²) in [6.07, 6.45) is 2.10. The van der Waals surface area contributed by atoms with E-state index in [1.165, 1.54) is 6.33 Å². The highest BCUT2D eigenvalue weighted by Gasteiger charge is 2.16. The maximum atomic E-state index is 12.3. The van der Waals surface area contributed by atoms with Crippen molar-refractivity contribution in [2.45, 2.75) is 12.3 Å². The van der Waals surface area contributed by atoms with Gasteiger partial charge in [0.1, 0.15) is 6.33 Å². The zero-order valence-electron chi connectivity index (χ0n) is 13.7. The Morgan fingerprint density at radius 3 is 2.44 bits per heavy atom. The standard InChI is InChI=1S/C19H20N4O2/c24-12-11-16(15-7-3-1-4-8-15)13-20-19(25)18-21-14-23(22-18)17-9-5-2-6-10-17/h1-10,14,16,24H,11-13H2,(H,20,25). The first-order valence-electron chi connectivity index (χ1n) is 8.19. The fourth-order valence-corrected chi connectivity index (χ4v) is 2.63. The van der Waals surface area contributed by atoms with Gasteiger partial charge in [0.15, 0.2) is 0 Å². The molecule has 2 aromatic carbocycles. The fourth-order valence-electron chi connectivity index (χ4n) is 2.63. The Morgan fingerprint density at radius 2 is 1.76 bits per heavy atom. The number of carbonyl (C=O) groups is 1. The van der Waals surface area contributed by atoms with Crippen LogP contribution in [0.1, 0.15) is 28.5 Å². The van der Waals surface area contributed by atoms with Crippen molar-refractivity contribution in [3.8, 4) is 5.69 Å². The van der Waals surface area contributed by atoms with Crippen LogP contribution in [0.5, 0.6) is 0 Å². The average Bonchev–Trinajstić information content (AvgIpc) is 3.16. The van der Waals surface area contributed by atoms with Crippen molar-refractivity contribution in [3.05, 3.63) is 78.4 Å². The highest BCUT2D eigenvalue weighted by molar-refractivity contribution is 5.90. The summed E-state index contributed by atoms with van der Waals surface area (Å²) in [5.74, 6) is -0.153. The molecule has 0 radical (unpaired) electrons. The molecule has 0 spiro atoms. The van der Waals surface area contributed by atoms with Crippen LogP contribution in [0.3, 0.4) is 0 Å². The first kappa shape index (κ1) is 16.9. The summed E-state index contributed by atoms with van der Waals surface area (Å²) >= 11 is 0. The number of benzene rings is 2. The van der Waals surface area contributed by atoms with Crippen molar-refractivity contribution in [1.29, 1.82) is 0 Å². The molecule has 3 rings (SSSR count). The quantitative estimate of drug-likeness (QED) is 0.693. The van der Waals surface area contributed by atoms with E-state index < -0.39 is 0 Å². The summed E-state index contributed by atoms with van der Waals surface area (Å²) in [4.78, 5) is 16.4. The summed E-state index contributed by atoms with van der Waals surface area (Å²) in [6, 6.07) is 19.3. The summed E-state index contributed by atoms with van der Waals surface area (Å²) in [5, 5.41) is 16.3. The fraction of sp³-hybridized carbons (Fsp3) is 0.211. The second-order valence-corrected chi connectivity index (χ2v) is 5.68. The zero-order valence-corrected chi connectivity index (χ0v) is 13.7. The van der Waals surface area contributed by atoms with Gasteiger partial charge in [0.2, 0.25) is 5.82 Å². The molecular formula is C19H20N4O2. The minimum absolute atomic E-state index is 0.0476. The van der Waals surface area contributed by atoms with Crippen molar-refractivity contribution in [2.24, 2.45) is 0 Å². The largest absolute Gasteiger partial charge is 0.396 e. The van der Waals surface area contributed by atoms with E-state index in [0.29, 0.717) is 13.0 Å². The van der Waals surface area contributed by atoms with Crippen molar-refractivity contribution >= 4 is 5.91 Å². The summed E-state index contributed by atoms with van der Waals surface area (Å²) in [7, 11) is 0. The van der Waals surface area contributed by atoms with E-state index in [1.807, 2.05) is 60.7 Å². The average molecular weight is 336 g/mol. The number of aliphatic hydroxyl groups excluding tert-OH is 1. The van der Waals surface area contributed by atoms with E-state index in [-0.39, 0.29) is 24.3 Å². The molecule has 3 aromatic rings. The van der Waals surface area contributed by atoms with Gasteiger partial charge in [-0.05, 0) is 24.1 Å². The van der Waals surface area contributed by atoms with Crippen LogP contribution in [0.2, 0.25) is 0 Å². The molecule has 0 saturated carbocycles. The summed E-state index contributed by atoms with van der Waals surface area (Å²) < 4.78 is 1.57. The minimum Gasteiger partial charge on any atom is -0.396 e. The predicted octanol–water partition coefficient (Wildman–Crippen LogP) is 2.16. The van der Waals surface area contributed by atoms with Gasteiger partial charge in [0.05, 0.1) is 5.69 Å². The van der Waals surface area contributed by atoms with Crippen molar-refractivity contribution in [1.82, 2.24) is 20.1 Å². The third-order valence-corrected chi connectivity index (χ3v) is 3.97. The Kier molecular flexibility index (Phi) is 5.53. The van der Waals surface area contributed by atoms with Gasteiger partial charge in [-0.1, -0.05) is 48.5 Å². The molecule has 25 heavy (non-hydrogen) atoms. The molecule has 1 atom stereocenters. The van der Waals surface area contributed by atoms with Gasteiger partial charge < -0.3 is 10.4 Å². The van der Waals surface area contributed by atoms with Gasteiger partial charge in [0, 0.05) is 19.1 Å². The van der Waals surface area contributed by atoms with Gasteiger partial charge in [0.25, 0.3) is 5.91 Å². The number of aliphatic hydroxyl groups is 1. The topological polar surface area (TPSA) is 80.0 Å². The van der Waals surface area contributed by atoms with E-state index in [4.69, 9.17) is 0 Å². The lowest BCUT2D eigenvalue weighted by molar-refractivity contribution is 0.0939. The van der Waals surface area contributed by atoms with Gasteiger partial charge in [-0.15, -0.1) is 5.10 Å². The molecule has 0 aliphatic heterocycles. The van der Waals surface area contributed by atoms with Crippen LogP contribution in [0.15, 0.2) is 67.0 Å². The molecule has 128 valence electrons. The van der Waals surface area contributed by atoms with Crippen LogP contribution in [0.4, 0.5) is 0 Å². The Labute approximate surface area is 146 Å². The van der Waals surface area contributed by atoms with Crippen LogP contribution in [-0.2, 0) is 0 Å². The third-order valence-electron chi connectivity index (χ3n) is 3.97. The highest BCUT2D eigenvalue weighted by Crippen LogP contribution is 2.18. The number of hydrogen-bond donors (Lipinski definition) is 2. The number of amides is 1. The molecule has 0 bridgehead atoms. The molecule has 6 heteroatoms. The molecule has 2 N–H and O–H groups in total. The molecule has 6 nitrogen and oxygen atoms in total. The molecule has 1 unspecified atom stereocenters. The molecule has 1 heterocycles. The molecule has 0 aliphatic rings. The Morgan fingerprint density at radius 1 is 1.08 bits per heavy atom. The van der Waals surface area contributed by atoms with Gasteiger partial charge in [-0.3, -0.25) is 4.79 Å². The first-order chi connectivity index (χ1) is 12.3. The van der Waals surface area contributed by atoms with E-state index in [1.54, 1.807) is 4.68 Å². The van der Waals surface area contributed by atoms with Gasteiger partial charge in [-0.2, -0.15) is 0 Å². The smallest absolute Gasteiger partial charge is 0.290 e. The maximum Gasteiger partial charge on any atom is 0.290 e. The van der Waals surface area contributed by atoms with Crippen molar-refractivity contribution < 1.29 is 9.90 Å². The van der Waals surface area contributed by atoms with E-state index >= 15 is 0 Å². The molecule has 1 aromatic heterocycles. The maximum absolute atomic E-state index is 12.3. The number of hydrogen-bond acceptors (Lipinski definition) is 4. The van der Waals surface area contributed by atoms with Crippen LogP contribution < -0.4 is 5.32 Å². The lowest BCUT2D eigenvalue weighted by atomic mass is 9.96. The normalized spacial score (nSPS) is 11.9. The molecule has 0 fully saturated rings. The predicted molar refractivity (Wildman–Crippen MR) is 94.6 cm³/mol. The summed E-state index contributed by atoms with van der Waals surface area (Å²) in [6.45, 7) is 0.486. The number of rotatable bonds is 7. The van der Waals surface area contributed by atoms with Crippen molar-refractivity contribution in [3.63, 3.8) is 0 Å². The highest BCUT2D eigenvalue weighted by atomic mass is 16.3. The van der Waals surface area contributed by atoms with Gasteiger partial charge >= 0.3 is 0 Å². The number of para-hydroxylation sites is 1. The Hall–Kier alpha value is -2.99. The Balaban J connectivity index is 1.65. The van der Waals surface area contributed by atoms with E-state index in [9.17, 15) is 9.90 Å². The third kappa shape index (κ3) is 4.30. The first-order valence-corrected chi connectivity index (χ1v) is 8.19. The van der Waals surface area contributed by atoms with Crippen LogP contribution >= 0.6 is 0 Å². The summed E-state index contributed by atoms with van der Waals surface area (Å²) in [5.41, 5.74) is 1.93. The lowest BCUT2D eigenvalue weighted by Gasteiger charge is -2.16. The van der Waals surface area contributed by atoms with Gasteiger partial charge in [-0.25, -0.2) is 9.67 Å². The van der Waals surface area contributed by atoms with Crippen LogP contribution in [0.25, 0.3) is 5.69 Å². The van der Waals surface area contributed by atoms with Crippen LogP contribution in [0, 0.1) is 0 Å². The second-order valence-electron chi connectivity index (χ2n) is 5.68. The monoisotopic (exact) mass is 336 g/mol. The SMILES string of the molecule is O=C(NCC(CCO)c1ccccc1)c1ncn(-c2ccccc2)n1. The number of aromatic nitrogens is 3. The Bertz CT molecular complexity index is 803. The zero-order chi connectivity index (χ0) is 17.5. The number of carbonyl (C=O) groups excluding carboxylic acids is 1. The number of nitrogens with one attached hydrogen (secondary N) is 1. The molecule has 0 saturated heterocycles. The van der Waals surface area contributed by atoms with Crippen LogP contribution in [-0.4, -0.2) is 38.9 Å².